The first-order chi connectivity index (χ1) is 15.5. The minimum absolute atomic E-state index is 0.207. The van der Waals surface area contributed by atoms with Crippen molar-refractivity contribution in [3.8, 4) is 5.75 Å². The number of benzene rings is 3. The molecule has 1 aliphatic rings. The summed E-state index contributed by atoms with van der Waals surface area (Å²) in [5.41, 5.74) is 1.62. The van der Waals surface area contributed by atoms with Gasteiger partial charge in [-0.1, -0.05) is 41.9 Å². The van der Waals surface area contributed by atoms with E-state index in [1.54, 1.807) is 72.8 Å². The molecule has 0 spiro atoms. The molecular formula is C24H20ClN3O4. The molecule has 1 aliphatic heterocycles. The van der Waals surface area contributed by atoms with Gasteiger partial charge in [0.25, 0.3) is 5.91 Å². The van der Waals surface area contributed by atoms with Crippen LogP contribution in [0.2, 0.25) is 5.02 Å². The number of nitrogens with one attached hydrogen (secondary N) is 2. The van der Waals surface area contributed by atoms with Crippen LogP contribution in [0.15, 0.2) is 78.9 Å². The second kappa shape index (κ2) is 9.53. The monoisotopic (exact) mass is 449 g/mol. The Morgan fingerprint density at radius 3 is 2.41 bits per heavy atom. The summed E-state index contributed by atoms with van der Waals surface area (Å²) in [6.45, 7) is -0.306. The topological polar surface area (TPSA) is 87.7 Å². The molecule has 2 N–H and O–H groups in total. The molecule has 1 heterocycles. The van der Waals surface area contributed by atoms with Crippen molar-refractivity contribution in [3.05, 3.63) is 83.9 Å². The number of nitrogens with zero attached hydrogens (tertiary/aromatic N) is 1. The standard InChI is InChI=1S/C24H20ClN3O4/c25-16-10-12-18(13-11-16)32-15-23(30)28-20-9-5-4-8-19(20)27-24(31)21(28)14-22(29)26-17-6-2-1-3-7-17/h1-13,21H,14-15H2,(H,26,29)(H,27,31). The molecule has 0 aliphatic carbocycles. The molecular weight excluding hydrogens is 430 g/mol. The first kappa shape index (κ1) is 21.4. The van der Waals surface area contributed by atoms with Crippen LogP contribution in [-0.4, -0.2) is 30.4 Å². The maximum Gasteiger partial charge on any atom is 0.265 e. The van der Waals surface area contributed by atoms with E-state index in [0.717, 1.165) is 0 Å². The van der Waals surface area contributed by atoms with Gasteiger partial charge in [-0.25, -0.2) is 0 Å². The zero-order chi connectivity index (χ0) is 22.5. The van der Waals surface area contributed by atoms with Crippen molar-refractivity contribution < 1.29 is 19.1 Å². The minimum atomic E-state index is -1.02. The lowest BCUT2D eigenvalue weighted by Gasteiger charge is -2.36. The Morgan fingerprint density at radius 1 is 0.969 bits per heavy atom. The molecule has 3 aromatic carbocycles. The van der Waals surface area contributed by atoms with Crippen LogP contribution in [0.4, 0.5) is 17.1 Å². The number of ether oxygens (including phenoxy) is 1. The van der Waals surface area contributed by atoms with Gasteiger partial charge in [-0.05, 0) is 48.5 Å². The first-order valence-corrected chi connectivity index (χ1v) is 10.3. The predicted octanol–water partition coefficient (Wildman–Crippen LogP) is 4.10. The summed E-state index contributed by atoms with van der Waals surface area (Å²) in [4.78, 5) is 40.0. The van der Waals surface area contributed by atoms with Gasteiger partial charge in [-0.3, -0.25) is 19.3 Å². The fraction of sp³-hybridized carbons (Fsp3) is 0.125. The van der Waals surface area contributed by atoms with E-state index in [2.05, 4.69) is 10.6 Å². The van der Waals surface area contributed by atoms with Gasteiger partial charge < -0.3 is 15.4 Å². The number of halogens is 1. The van der Waals surface area contributed by atoms with E-state index in [4.69, 9.17) is 16.3 Å². The lowest BCUT2D eigenvalue weighted by molar-refractivity contribution is -0.127. The Hall–Kier alpha value is -3.84. The summed E-state index contributed by atoms with van der Waals surface area (Å²) in [7, 11) is 0. The normalized spacial score (nSPS) is 14.8. The molecule has 7 nitrogen and oxygen atoms in total. The van der Waals surface area contributed by atoms with E-state index < -0.39 is 17.9 Å². The zero-order valence-corrected chi connectivity index (χ0v) is 17.7. The highest BCUT2D eigenvalue weighted by molar-refractivity contribution is 6.30. The van der Waals surface area contributed by atoms with Gasteiger partial charge >= 0.3 is 0 Å². The minimum Gasteiger partial charge on any atom is -0.484 e. The third-order valence-corrected chi connectivity index (χ3v) is 5.17. The number of hydrogen-bond donors (Lipinski definition) is 2. The quantitative estimate of drug-likeness (QED) is 0.593. The van der Waals surface area contributed by atoms with Gasteiger partial charge in [0.15, 0.2) is 6.61 Å². The summed E-state index contributed by atoms with van der Waals surface area (Å²) in [5, 5.41) is 6.08. The van der Waals surface area contributed by atoms with Crippen molar-refractivity contribution in [1.29, 1.82) is 0 Å². The SMILES string of the molecule is O=C(CC1C(=O)Nc2ccccc2N1C(=O)COc1ccc(Cl)cc1)Nc1ccccc1. The third kappa shape index (κ3) is 4.90. The van der Waals surface area contributed by atoms with Crippen molar-refractivity contribution in [2.24, 2.45) is 0 Å². The Labute approximate surface area is 189 Å². The Bertz CT molecular complexity index is 1140. The average Bonchev–Trinajstić information content (AvgIpc) is 2.79. The lowest BCUT2D eigenvalue weighted by Crippen LogP contribution is -2.53. The van der Waals surface area contributed by atoms with E-state index in [1.165, 1.54) is 4.90 Å². The van der Waals surface area contributed by atoms with Crippen LogP contribution in [-0.2, 0) is 14.4 Å². The van der Waals surface area contributed by atoms with Crippen LogP contribution >= 0.6 is 11.6 Å². The highest BCUT2D eigenvalue weighted by Crippen LogP contribution is 2.33. The molecule has 1 atom stereocenters. The molecule has 0 fully saturated rings. The Morgan fingerprint density at radius 2 is 1.66 bits per heavy atom. The van der Waals surface area contributed by atoms with Crippen molar-refractivity contribution >= 4 is 46.4 Å². The molecule has 4 rings (SSSR count). The second-order valence-corrected chi connectivity index (χ2v) is 7.58. The molecule has 0 radical (unpaired) electrons. The molecule has 32 heavy (non-hydrogen) atoms. The van der Waals surface area contributed by atoms with Crippen LogP contribution in [0.3, 0.4) is 0 Å². The zero-order valence-electron chi connectivity index (χ0n) is 17.0. The van der Waals surface area contributed by atoms with Crippen LogP contribution in [0.1, 0.15) is 6.42 Å². The molecule has 3 aromatic rings. The van der Waals surface area contributed by atoms with Crippen molar-refractivity contribution in [2.45, 2.75) is 12.5 Å². The van der Waals surface area contributed by atoms with Gasteiger partial charge in [0.2, 0.25) is 11.8 Å². The van der Waals surface area contributed by atoms with E-state index in [1.807, 2.05) is 6.07 Å². The molecule has 0 aromatic heterocycles. The number of anilines is 3. The van der Waals surface area contributed by atoms with Crippen LogP contribution in [0.25, 0.3) is 0 Å². The van der Waals surface area contributed by atoms with Gasteiger partial charge in [0, 0.05) is 10.7 Å². The number of rotatable bonds is 6. The molecule has 0 saturated carbocycles. The van der Waals surface area contributed by atoms with E-state index in [9.17, 15) is 14.4 Å². The van der Waals surface area contributed by atoms with Gasteiger partial charge in [0.05, 0.1) is 17.8 Å². The van der Waals surface area contributed by atoms with Crippen LogP contribution in [0.5, 0.6) is 5.75 Å². The van der Waals surface area contributed by atoms with E-state index in [0.29, 0.717) is 27.8 Å². The van der Waals surface area contributed by atoms with Gasteiger partial charge in [-0.2, -0.15) is 0 Å². The first-order valence-electron chi connectivity index (χ1n) is 9.96. The Balaban J connectivity index is 1.54. The summed E-state index contributed by atoms with van der Waals surface area (Å²) in [5.74, 6) is -0.797. The van der Waals surface area contributed by atoms with E-state index in [-0.39, 0.29) is 18.9 Å². The number of hydrogen-bond acceptors (Lipinski definition) is 4. The number of carbonyl (C=O) groups is 3. The molecule has 0 saturated heterocycles. The highest BCUT2D eigenvalue weighted by atomic mass is 35.5. The fourth-order valence-electron chi connectivity index (χ4n) is 3.44. The Kier molecular flexibility index (Phi) is 6.37. The third-order valence-electron chi connectivity index (χ3n) is 4.92. The number of carbonyl (C=O) groups excluding carboxylic acids is 3. The lowest BCUT2D eigenvalue weighted by atomic mass is 10.0. The number of fused-ring (bicyclic) bond motifs is 1. The van der Waals surface area contributed by atoms with Gasteiger partial charge in [0.1, 0.15) is 11.8 Å². The number of para-hydroxylation sites is 3. The maximum atomic E-state index is 13.2. The largest absolute Gasteiger partial charge is 0.484 e. The average molecular weight is 450 g/mol. The summed E-state index contributed by atoms with van der Waals surface area (Å²) < 4.78 is 5.59. The fourth-order valence-corrected chi connectivity index (χ4v) is 3.56. The summed E-state index contributed by atoms with van der Waals surface area (Å²) in [6.07, 6.45) is -0.207. The van der Waals surface area contributed by atoms with Crippen LogP contribution < -0.4 is 20.3 Å². The van der Waals surface area contributed by atoms with Gasteiger partial charge in [-0.15, -0.1) is 0 Å². The van der Waals surface area contributed by atoms with Crippen molar-refractivity contribution in [1.82, 2.24) is 0 Å². The molecule has 8 heteroatoms. The predicted molar refractivity (Wildman–Crippen MR) is 123 cm³/mol. The smallest absolute Gasteiger partial charge is 0.265 e. The summed E-state index contributed by atoms with van der Waals surface area (Å²) >= 11 is 5.88. The molecule has 162 valence electrons. The number of amides is 3. The van der Waals surface area contributed by atoms with Crippen LogP contribution in [0, 0.1) is 0 Å². The molecule has 0 bridgehead atoms. The summed E-state index contributed by atoms with van der Waals surface area (Å²) in [6, 6.07) is 21.5. The molecule has 1 unspecified atom stereocenters. The second-order valence-electron chi connectivity index (χ2n) is 7.15. The molecule has 3 amide bonds. The van der Waals surface area contributed by atoms with Crippen molar-refractivity contribution in [3.63, 3.8) is 0 Å². The highest BCUT2D eigenvalue weighted by Gasteiger charge is 2.38. The van der Waals surface area contributed by atoms with Crippen molar-refractivity contribution in [2.75, 3.05) is 22.1 Å². The van der Waals surface area contributed by atoms with E-state index >= 15 is 0 Å². The maximum absolute atomic E-state index is 13.2.